The first-order chi connectivity index (χ1) is 12.0. The number of para-hydroxylation sites is 1. The Hall–Kier alpha value is -2.13. The van der Waals surface area contributed by atoms with Gasteiger partial charge in [0.25, 0.3) is 5.91 Å². The molecule has 0 saturated carbocycles. The van der Waals surface area contributed by atoms with E-state index in [4.69, 9.17) is 21.8 Å². The van der Waals surface area contributed by atoms with Gasteiger partial charge in [-0.05, 0) is 28.1 Å². The van der Waals surface area contributed by atoms with Crippen LogP contribution in [0.4, 0.5) is 22.0 Å². The third-order valence-electron chi connectivity index (χ3n) is 3.59. The molecule has 0 saturated heterocycles. The fourth-order valence-corrected chi connectivity index (χ4v) is 3.78. The lowest BCUT2D eigenvalue weighted by Gasteiger charge is -2.15. The lowest BCUT2D eigenvalue weighted by atomic mass is 10.0. The van der Waals surface area contributed by atoms with Gasteiger partial charge in [0.1, 0.15) is 5.82 Å². The highest BCUT2D eigenvalue weighted by molar-refractivity contribution is 9.10. The molecule has 0 aliphatic carbocycles. The summed E-state index contributed by atoms with van der Waals surface area (Å²) in [5, 5.41) is -0.990. The molecule has 136 valence electrons. The standard InChI is InChI=1S/C16H6BrClF5NO2/c17-12-10(8(20)4-6(18)11(12)16(21,22)23)14-9(15(24)25)5-2-1-3-7(19)13(5)26-14/h1-4H,(H2,24,25). The number of carbonyl (C=O) groups is 1. The second-order valence-electron chi connectivity index (χ2n) is 5.19. The maximum Gasteiger partial charge on any atom is 0.418 e. The van der Waals surface area contributed by atoms with Crippen LogP contribution in [0.3, 0.4) is 0 Å². The Morgan fingerprint density at radius 2 is 1.85 bits per heavy atom. The Morgan fingerprint density at radius 3 is 2.42 bits per heavy atom. The summed E-state index contributed by atoms with van der Waals surface area (Å²) >= 11 is 8.18. The topological polar surface area (TPSA) is 56.2 Å². The number of halogens is 7. The van der Waals surface area contributed by atoms with Crippen molar-refractivity contribution in [1.29, 1.82) is 0 Å². The SMILES string of the molecule is NC(=O)c1c(-c2c(F)cc(Cl)c(C(F)(F)F)c2Br)oc2c(F)cccc12. The highest BCUT2D eigenvalue weighted by atomic mass is 79.9. The van der Waals surface area contributed by atoms with Gasteiger partial charge in [-0.15, -0.1) is 0 Å². The smallest absolute Gasteiger partial charge is 0.418 e. The van der Waals surface area contributed by atoms with Crippen LogP contribution >= 0.6 is 27.5 Å². The molecule has 0 radical (unpaired) electrons. The Morgan fingerprint density at radius 1 is 1.19 bits per heavy atom. The van der Waals surface area contributed by atoms with E-state index in [0.29, 0.717) is 6.07 Å². The minimum absolute atomic E-state index is 0.0951. The molecule has 0 unspecified atom stereocenters. The minimum Gasteiger partial charge on any atom is -0.452 e. The molecule has 3 nitrogen and oxygen atoms in total. The second-order valence-corrected chi connectivity index (χ2v) is 6.39. The highest BCUT2D eigenvalue weighted by Crippen LogP contribution is 2.47. The van der Waals surface area contributed by atoms with Crippen LogP contribution in [0.15, 0.2) is 33.2 Å². The molecule has 26 heavy (non-hydrogen) atoms. The molecule has 1 aromatic heterocycles. The number of alkyl halides is 3. The van der Waals surface area contributed by atoms with Crippen molar-refractivity contribution in [2.75, 3.05) is 0 Å². The summed E-state index contributed by atoms with van der Waals surface area (Å²) in [7, 11) is 0. The molecule has 2 aromatic carbocycles. The van der Waals surface area contributed by atoms with Crippen LogP contribution in [0.1, 0.15) is 15.9 Å². The average Bonchev–Trinajstić information content (AvgIpc) is 2.85. The van der Waals surface area contributed by atoms with Crippen LogP contribution in [0, 0.1) is 11.6 Å². The van der Waals surface area contributed by atoms with Gasteiger partial charge in [-0.25, -0.2) is 8.78 Å². The number of fused-ring (bicyclic) bond motifs is 1. The van der Waals surface area contributed by atoms with E-state index in [9.17, 15) is 26.7 Å². The Kier molecular flexibility index (Phi) is 4.48. The zero-order chi connectivity index (χ0) is 19.4. The molecule has 3 aromatic rings. The molecule has 0 aliphatic rings. The number of nitrogens with two attached hydrogens (primary N) is 1. The molecule has 3 rings (SSSR count). The Bertz CT molecular complexity index is 1060. The van der Waals surface area contributed by atoms with Gasteiger partial charge in [-0.2, -0.15) is 13.2 Å². The van der Waals surface area contributed by atoms with Gasteiger partial charge in [-0.3, -0.25) is 4.79 Å². The fourth-order valence-electron chi connectivity index (χ4n) is 2.56. The van der Waals surface area contributed by atoms with E-state index in [2.05, 4.69) is 15.9 Å². The van der Waals surface area contributed by atoms with Crippen LogP contribution in [-0.2, 0) is 6.18 Å². The van der Waals surface area contributed by atoms with Crippen LogP contribution in [0.25, 0.3) is 22.3 Å². The number of hydrogen-bond donors (Lipinski definition) is 1. The molecule has 10 heteroatoms. The van der Waals surface area contributed by atoms with Crippen LogP contribution in [-0.4, -0.2) is 5.91 Å². The summed E-state index contributed by atoms with van der Waals surface area (Å²) in [5.41, 5.74) is 2.26. The molecule has 0 aliphatic heterocycles. The van der Waals surface area contributed by atoms with Gasteiger partial charge >= 0.3 is 6.18 Å². The maximum atomic E-state index is 14.4. The van der Waals surface area contributed by atoms with E-state index in [1.807, 2.05) is 0 Å². The van der Waals surface area contributed by atoms with Crippen molar-refractivity contribution in [1.82, 2.24) is 0 Å². The van der Waals surface area contributed by atoms with E-state index in [1.165, 1.54) is 12.1 Å². The van der Waals surface area contributed by atoms with E-state index in [0.717, 1.165) is 6.07 Å². The summed E-state index contributed by atoms with van der Waals surface area (Å²) in [6.45, 7) is 0. The van der Waals surface area contributed by atoms with Crippen molar-refractivity contribution in [3.8, 4) is 11.3 Å². The number of furan rings is 1. The monoisotopic (exact) mass is 453 g/mol. The first-order valence-corrected chi connectivity index (χ1v) is 7.97. The molecule has 1 heterocycles. The number of benzene rings is 2. The summed E-state index contributed by atoms with van der Waals surface area (Å²) in [6.07, 6.45) is -4.93. The van der Waals surface area contributed by atoms with Gasteiger partial charge in [0.2, 0.25) is 0 Å². The number of carbonyl (C=O) groups excluding carboxylic acids is 1. The van der Waals surface area contributed by atoms with Crippen molar-refractivity contribution in [2.24, 2.45) is 5.73 Å². The van der Waals surface area contributed by atoms with Crippen molar-refractivity contribution in [3.05, 3.63) is 56.5 Å². The van der Waals surface area contributed by atoms with Crippen molar-refractivity contribution in [2.45, 2.75) is 6.18 Å². The maximum absolute atomic E-state index is 14.4. The number of hydrogen-bond acceptors (Lipinski definition) is 2. The number of primary amides is 1. The molecule has 0 atom stereocenters. The first kappa shape index (κ1) is 18.7. The quantitative estimate of drug-likeness (QED) is 0.489. The van der Waals surface area contributed by atoms with E-state index >= 15 is 0 Å². The van der Waals surface area contributed by atoms with Gasteiger partial charge < -0.3 is 10.2 Å². The zero-order valence-electron chi connectivity index (χ0n) is 12.3. The predicted octanol–water partition coefficient (Wildman–Crippen LogP) is 5.91. The Balaban J connectivity index is 2.47. The zero-order valence-corrected chi connectivity index (χ0v) is 14.7. The van der Waals surface area contributed by atoms with Gasteiger partial charge in [0.05, 0.1) is 21.7 Å². The third-order valence-corrected chi connectivity index (χ3v) is 4.69. The van der Waals surface area contributed by atoms with Gasteiger partial charge in [0, 0.05) is 9.86 Å². The van der Waals surface area contributed by atoms with Crippen LogP contribution in [0.5, 0.6) is 0 Å². The minimum atomic E-state index is -4.93. The molecule has 2 N–H and O–H groups in total. The summed E-state index contributed by atoms with van der Waals surface area (Å²) in [6, 6.07) is 3.96. The molecule has 0 fully saturated rings. The van der Waals surface area contributed by atoms with Crippen molar-refractivity contribution < 1.29 is 31.2 Å². The molecule has 0 bridgehead atoms. The first-order valence-electron chi connectivity index (χ1n) is 6.80. The van der Waals surface area contributed by atoms with E-state index in [-0.39, 0.29) is 5.39 Å². The second kappa shape index (κ2) is 6.24. The summed E-state index contributed by atoms with van der Waals surface area (Å²) < 4.78 is 72.5. The number of rotatable bonds is 2. The largest absolute Gasteiger partial charge is 0.452 e. The van der Waals surface area contributed by atoms with Crippen molar-refractivity contribution in [3.63, 3.8) is 0 Å². The Labute approximate surface area is 155 Å². The average molecular weight is 455 g/mol. The van der Waals surface area contributed by atoms with Crippen molar-refractivity contribution >= 4 is 44.4 Å². The fraction of sp³-hybridized carbons (Fsp3) is 0.0625. The molecular weight excluding hydrogens is 449 g/mol. The molecule has 0 spiro atoms. The predicted molar refractivity (Wildman–Crippen MR) is 87.8 cm³/mol. The van der Waals surface area contributed by atoms with Crippen LogP contribution < -0.4 is 5.73 Å². The summed E-state index contributed by atoms with van der Waals surface area (Å²) in [4.78, 5) is 11.8. The lowest BCUT2D eigenvalue weighted by Crippen LogP contribution is -2.13. The van der Waals surface area contributed by atoms with E-state index in [1.54, 1.807) is 0 Å². The van der Waals surface area contributed by atoms with Crippen LogP contribution in [0.2, 0.25) is 5.02 Å². The van der Waals surface area contributed by atoms with E-state index < -0.39 is 61.2 Å². The lowest BCUT2D eigenvalue weighted by molar-refractivity contribution is -0.138. The third kappa shape index (κ3) is 2.84. The molecule has 1 amide bonds. The van der Waals surface area contributed by atoms with Gasteiger partial charge in [-0.1, -0.05) is 23.7 Å². The molecular formula is C16H6BrClF5NO2. The highest BCUT2D eigenvalue weighted by Gasteiger charge is 2.39. The normalized spacial score (nSPS) is 12.0. The summed E-state index contributed by atoms with van der Waals surface area (Å²) in [5.74, 6) is -3.86. The number of amides is 1. The van der Waals surface area contributed by atoms with Gasteiger partial charge in [0.15, 0.2) is 17.2 Å².